The Morgan fingerprint density at radius 3 is 2.50 bits per heavy atom. The van der Waals surface area contributed by atoms with E-state index < -0.39 is 0 Å². The lowest BCUT2D eigenvalue weighted by Gasteiger charge is -2.14. The van der Waals surface area contributed by atoms with Crippen LogP contribution in [0, 0.1) is 6.07 Å². The standard InChI is InChI=1S/C14H13O4/c1-17-11-7-4-8-12(18-2)13(11)9-5-3-6-10(15)14(9)16/h3-7,15-16H,1-2H3. The lowest BCUT2D eigenvalue weighted by molar-refractivity contribution is 0.392. The summed E-state index contributed by atoms with van der Waals surface area (Å²) in [4.78, 5) is 0. The number of phenolic OH excluding ortho intramolecular Hbond substituents is 2. The Morgan fingerprint density at radius 1 is 1.06 bits per heavy atom. The maximum absolute atomic E-state index is 9.92. The van der Waals surface area contributed by atoms with Gasteiger partial charge in [-0.25, -0.2) is 0 Å². The molecule has 0 saturated carbocycles. The highest BCUT2D eigenvalue weighted by Crippen LogP contribution is 2.44. The monoisotopic (exact) mass is 245 g/mol. The van der Waals surface area contributed by atoms with E-state index in [1.165, 1.54) is 20.3 Å². The van der Waals surface area contributed by atoms with E-state index in [9.17, 15) is 10.2 Å². The van der Waals surface area contributed by atoms with Gasteiger partial charge < -0.3 is 19.7 Å². The van der Waals surface area contributed by atoms with Gasteiger partial charge in [-0.15, -0.1) is 0 Å². The summed E-state index contributed by atoms with van der Waals surface area (Å²) >= 11 is 0. The number of rotatable bonds is 3. The fourth-order valence-corrected chi connectivity index (χ4v) is 1.78. The Morgan fingerprint density at radius 2 is 1.83 bits per heavy atom. The highest BCUT2D eigenvalue weighted by Gasteiger charge is 2.17. The minimum absolute atomic E-state index is 0.194. The summed E-state index contributed by atoms with van der Waals surface area (Å²) < 4.78 is 10.5. The Kier molecular flexibility index (Phi) is 3.28. The van der Waals surface area contributed by atoms with Crippen LogP contribution in [-0.2, 0) is 0 Å². The smallest absolute Gasteiger partial charge is 0.165 e. The van der Waals surface area contributed by atoms with E-state index >= 15 is 0 Å². The van der Waals surface area contributed by atoms with Crippen LogP contribution >= 0.6 is 0 Å². The SMILES string of the molecule is COc1[c]ccc(OC)c1-c1cccc(O)c1O. The van der Waals surface area contributed by atoms with E-state index in [2.05, 4.69) is 6.07 Å². The number of hydrogen-bond donors (Lipinski definition) is 2. The number of benzene rings is 2. The van der Waals surface area contributed by atoms with Crippen LogP contribution in [0.3, 0.4) is 0 Å². The second kappa shape index (κ2) is 4.87. The van der Waals surface area contributed by atoms with Crippen molar-refractivity contribution in [3.8, 4) is 34.1 Å². The molecule has 93 valence electrons. The zero-order valence-corrected chi connectivity index (χ0v) is 10.1. The summed E-state index contributed by atoms with van der Waals surface area (Å²) in [6, 6.07) is 11.0. The van der Waals surface area contributed by atoms with Gasteiger partial charge in [0.2, 0.25) is 0 Å². The van der Waals surface area contributed by atoms with E-state index in [0.29, 0.717) is 22.6 Å². The van der Waals surface area contributed by atoms with Crippen LogP contribution in [0.25, 0.3) is 11.1 Å². The van der Waals surface area contributed by atoms with Gasteiger partial charge in [0.1, 0.15) is 11.5 Å². The van der Waals surface area contributed by atoms with Crippen molar-refractivity contribution in [2.45, 2.75) is 0 Å². The average molecular weight is 245 g/mol. The molecule has 0 unspecified atom stereocenters. The van der Waals surface area contributed by atoms with Gasteiger partial charge in [0.15, 0.2) is 11.5 Å². The normalized spacial score (nSPS) is 10.1. The van der Waals surface area contributed by atoms with E-state index in [4.69, 9.17) is 9.47 Å². The zero-order chi connectivity index (χ0) is 13.1. The van der Waals surface area contributed by atoms with E-state index in [1.807, 2.05) is 0 Å². The van der Waals surface area contributed by atoms with Gasteiger partial charge in [-0.2, -0.15) is 0 Å². The molecule has 2 aromatic rings. The molecule has 0 aliphatic carbocycles. The van der Waals surface area contributed by atoms with Crippen molar-refractivity contribution < 1.29 is 19.7 Å². The van der Waals surface area contributed by atoms with Gasteiger partial charge in [0, 0.05) is 11.6 Å². The lowest BCUT2D eigenvalue weighted by Crippen LogP contribution is -1.93. The van der Waals surface area contributed by atoms with Gasteiger partial charge in [0.25, 0.3) is 0 Å². The predicted molar refractivity (Wildman–Crippen MR) is 67.1 cm³/mol. The number of ether oxygens (including phenoxy) is 2. The molecule has 2 rings (SSSR count). The van der Waals surface area contributed by atoms with Crippen LogP contribution < -0.4 is 9.47 Å². The first-order valence-electron chi connectivity index (χ1n) is 5.33. The highest BCUT2D eigenvalue weighted by atomic mass is 16.5. The third kappa shape index (κ3) is 1.93. The first-order valence-corrected chi connectivity index (χ1v) is 5.33. The number of methoxy groups -OCH3 is 2. The summed E-state index contributed by atoms with van der Waals surface area (Å²) in [7, 11) is 3.03. The summed E-state index contributed by atoms with van der Waals surface area (Å²) in [5.41, 5.74) is 0.983. The summed E-state index contributed by atoms with van der Waals surface area (Å²) in [5.74, 6) is 0.566. The van der Waals surface area contributed by atoms with Crippen LogP contribution in [0.5, 0.6) is 23.0 Å². The van der Waals surface area contributed by atoms with Crippen molar-refractivity contribution in [1.82, 2.24) is 0 Å². The molecular weight excluding hydrogens is 232 g/mol. The van der Waals surface area contributed by atoms with Gasteiger partial charge in [-0.3, -0.25) is 0 Å². The van der Waals surface area contributed by atoms with Crippen molar-refractivity contribution in [2.75, 3.05) is 14.2 Å². The number of para-hydroxylation sites is 1. The maximum atomic E-state index is 9.92. The van der Waals surface area contributed by atoms with Crippen LogP contribution in [0.1, 0.15) is 0 Å². The Bertz CT molecular complexity index is 541. The molecule has 0 aliphatic heterocycles. The minimum atomic E-state index is -0.214. The third-order valence-corrected chi connectivity index (χ3v) is 2.63. The molecule has 1 radical (unpaired) electrons. The molecule has 0 bridgehead atoms. The third-order valence-electron chi connectivity index (χ3n) is 2.63. The number of phenols is 2. The Balaban J connectivity index is 2.73. The second-order valence-electron chi connectivity index (χ2n) is 3.63. The largest absolute Gasteiger partial charge is 0.504 e. The molecule has 0 spiro atoms. The van der Waals surface area contributed by atoms with Crippen molar-refractivity contribution in [1.29, 1.82) is 0 Å². The fourth-order valence-electron chi connectivity index (χ4n) is 1.78. The van der Waals surface area contributed by atoms with Gasteiger partial charge in [-0.1, -0.05) is 12.1 Å². The fraction of sp³-hybridized carbons (Fsp3) is 0.143. The van der Waals surface area contributed by atoms with Crippen molar-refractivity contribution in [2.24, 2.45) is 0 Å². The molecule has 0 aromatic heterocycles. The molecule has 0 aliphatic rings. The molecular formula is C14H13O4. The lowest BCUT2D eigenvalue weighted by atomic mass is 10.0. The molecule has 0 amide bonds. The van der Waals surface area contributed by atoms with Crippen molar-refractivity contribution >= 4 is 0 Å². The predicted octanol–water partition coefficient (Wildman–Crippen LogP) is 2.58. The van der Waals surface area contributed by atoms with Crippen LogP contribution in [0.15, 0.2) is 30.3 Å². The summed E-state index contributed by atoms with van der Waals surface area (Å²) in [6.07, 6.45) is 0. The van der Waals surface area contributed by atoms with E-state index in [-0.39, 0.29) is 11.5 Å². The number of hydrogen-bond acceptors (Lipinski definition) is 4. The Hall–Kier alpha value is -2.36. The molecule has 0 saturated heterocycles. The van der Waals surface area contributed by atoms with Gasteiger partial charge >= 0.3 is 0 Å². The second-order valence-corrected chi connectivity index (χ2v) is 3.63. The molecule has 18 heavy (non-hydrogen) atoms. The van der Waals surface area contributed by atoms with Crippen molar-refractivity contribution in [3.63, 3.8) is 0 Å². The average Bonchev–Trinajstić information content (AvgIpc) is 2.41. The molecule has 2 N–H and O–H groups in total. The first kappa shape index (κ1) is 12.1. The highest BCUT2D eigenvalue weighted by molar-refractivity contribution is 5.82. The molecule has 0 fully saturated rings. The zero-order valence-electron chi connectivity index (χ0n) is 10.1. The quantitative estimate of drug-likeness (QED) is 0.816. The van der Waals surface area contributed by atoms with Crippen LogP contribution in [0.2, 0.25) is 0 Å². The molecule has 4 nitrogen and oxygen atoms in total. The molecule has 0 atom stereocenters. The summed E-state index contributed by atoms with van der Waals surface area (Å²) in [6.45, 7) is 0. The summed E-state index contributed by atoms with van der Waals surface area (Å²) in [5, 5.41) is 19.5. The van der Waals surface area contributed by atoms with Crippen LogP contribution in [-0.4, -0.2) is 24.4 Å². The van der Waals surface area contributed by atoms with Crippen molar-refractivity contribution in [3.05, 3.63) is 36.4 Å². The minimum Gasteiger partial charge on any atom is -0.504 e. The first-order chi connectivity index (χ1) is 8.69. The van der Waals surface area contributed by atoms with E-state index in [1.54, 1.807) is 24.3 Å². The topological polar surface area (TPSA) is 58.9 Å². The molecule has 4 heteroatoms. The van der Waals surface area contributed by atoms with E-state index in [0.717, 1.165) is 0 Å². The maximum Gasteiger partial charge on any atom is 0.165 e. The Labute approximate surface area is 105 Å². The van der Waals surface area contributed by atoms with Gasteiger partial charge in [0.05, 0.1) is 19.8 Å². The van der Waals surface area contributed by atoms with Crippen LogP contribution in [0.4, 0.5) is 0 Å². The van der Waals surface area contributed by atoms with Gasteiger partial charge in [-0.05, 0) is 18.2 Å². The molecule has 0 heterocycles. The number of aromatic hydroxyl groups is 2. The molecule has 2 aromatic carbocycles.